The lowest BCUT2D eigenvalue weighted by molar-refractivity contribution is 0.0735. The predicted molar refractivity (Wildman–Crippen MR) is 54.2 cm³/mol. The van der Waals surface area contributed by atoms with E-state index in [2.05, 4.69) is 4.98 Å². The fourth-order valence-electron chi connectivity index (χ4n) is 2.25. The zero-order valence-electron chi connectivity index (χ0n) is 8.76. The number of nitrogens with zero attached hydrogens (tertiary/aromatic N) is 1. The third kappa shape index (κ3) is 1.11. The van der Waals surface area contributed by atoms with Gasteiger partial charge in [0, 0.05) is 5.41 Å². The molecule has 1 fully saturated rings. The van der Waals surface area contributed by atoms with E-state index >= 15 is 0 Å². The van der Waals surface area contributed by atoms with E-state index in [1.54, 1.807) is 6.07 Å². The predicted octanol–water partition coefficient (Wildman–Crippen LogP) is 2.49. The van der Waals surface area contributed by atoms with Gasteiger partial charge in [-0.05, 0) is 37.3 Å². The van der Waals surface area contributed by atoms with E-state index in [0.29, 0.717) is 10.8 Å². The summed E-state index contributed by atoms with van der Waals surface area (Å²) < 4.78 is 8.10. The van der Waals surface area contributed by atoms with E-state index in [1.165, 1.54) is 0 Å². The Balaban J connectivity index is 2.17. The molecule has 0 radical (unpaired) electrons. The number of aliphatic hydroxyl groups is 1. The lowest BCUT2D eigenvalue weighted by Crippen LogP contribution is -2.22. The van der Waals surface area contributed by atoms with Crippen LogP contribution in [0.5, 0.6) is 0 Å². The van der Waals surface area contributed by atoms with Crippen LogP contribution in [0.25, 0.3) is 0 Å². The maximum Gasteiger partial charge on any atom is 0.129 e. The van der Waals surface area contributed by atoms with Crippen LogP contribution in [-0.2, 0) is 6.42 Å². The molecule has 2 aliphatic carbocycles. The lowest BCUT2D eigenvalue weighted by Gasteiger charge is -2.29. The Morgan fingerprint density at radius 3 is 3.00 bits per heavy atom. The Morgan fingerprint density at radius 1 is 1.50 bits per heavy atom. The molecule has 1 aromatic heterocycles. The van der Waals surface area contributed by atoms with Gasteiger partial charge >= 0.3 is 0 Å². The summed E-state index contributed by atoms with van der Waals surface area (Å²) in [5, 5.41) is 10.6. The second kappa shape index (κ2) is 2.71. The van der Waals surface area contributed by atoms with Crippen molar-refractivity contribution in [3.8, 4) is 0 Å². The van der Waals surface area contributed by atoms with Crippen LogP contribution in [0.2, 0.25) is 5.15 Å². The maximum atomic E-state index is 10.3. The molecule has 2 nitrogen and oxygen atoms in total. The Bertz CT molecular complexity index is 429. The molecule has 1 N–H and O–H groups in total. The summed E-state index contributed by atoms with van der Waals surface area (Å²) in [5.74, 6) is 0. The van der Waals surface area contributed by atoms with Crippen LogP contribution in [0, 0.1) is 5.41 Å². The van der Waals surface area contributed by atoms with Gasteiger partial charge in [-0.1, -0.05) is 17.7 Å². The highest BCUT2D eigenvalue weighted by Crippen LogP contribution is 2.60. The molecule has 0 amide bonds. The zero-order valence-corrected chi connectivity index (χ0v) is 8.51. The Kier molecular flexibility index (Phi) is 1.48. The Labute approximate surface area is 89.3 Å². The van der Waals surface area contributed by atoms with E-state index in [1.807, 2.05) is 6.07 Å². The summed E-state index contributed by atoms with van der Waals surface area (Å²) >= 11 is 5.81. The molecule has 0 aliphatic heterocycles. The molecule has 1 spiro atoms. The van der Waals surface area contributed by atoms with E-state index < -0.39 is 6.08 Å². The standard InChI is InChI=1S/C11H12ClNO/c12-8-2-1-7-3-4-11(5-6-11)10(14)9(7)13-8/h1-2,10,14H,3-6H2/i10D. The van der Waals surface area contributed by atoms with E-state index in [9.17, 15) is 5.11 Å². The average molecular weight is 211 g/mol. The van der Waals surface area contributed by atoms with Crippen LogP contribution < -0.4 is 0 Å². The van der Waals surface area contributed by atoms with Crippen molar-refractivity contribution >= 4 is 11.6 Å². The van der Waals surface area contributed by atoms with Crippen molar-refractivity contribution in [3.63, 3.8) is 0 Å². The van der Waals surface area contributed by atoms with Crippen molar-refractivity contribution in [2.75, 3.05) is 0 Å². The second-order valence-corrected chi connectivity index (χ2v) is 4.66. The van der Waals surface area contributed by atoms with Gasteiger partial charge in [0.15, 0.2) is 0 Å². The third-order valence-corrected chi connectivity index (χ3v) is 3.61. The maximum absolute atomic E-state index is 10.3. The molecule has 0 aromatic carbocycles. The summed E-state index contributed by atoms with van der Waals surface area (Å²) in [7, 11) is 0. The molecule has 0 bridgehead atoms. The van der Waals surface area contributed by atoms with Crippen molar-refractivity contribution in [3.05, 3.63) is 28.5 Å². The van der Waals surface area contributed by atoms with Gasteiger partial charge in [-0.25, -0.2) is 4.98 Å². The quantitative estimate of drug-likeness (QED) is 0.668. The third-order valence-electron chi connectivity index (χ3n) is 3.40. The number of rotatable bonds is 0. The molecule has 0 saturated heterocycles. The highest BCUT2D eigenvalue weighted by Gasteiger charge is 2.52. The van der Waals surface area contributed by atoms with Crippen molar-refractivity contribution in [1.29, 1.82) is 0 Å². The Morgan fingerprint density at radius 2 is 2.29 bits per heavy atom. The van der Waals surface area contributed by atoms with E-state index in [0.717, 1.165) is 31.2 Å². The number of hydrogen-bond acceptors (Lipinski definition) is 2. The minimum absolute atomic E-state index is 0.238. The monoisotopic (exact) mass is 210 g/mol. The van der Waals surface area contributed by atoms with Crippen LogP contribution in [0.3, 0.4) is 0 Å². The first-order valence-corrected chi connectivity index (χ1v) is 5.31. The number of aromatic nitrogens is 1. The first-order chi connectivity index (χ1) is 7.05. The van der Waals surface area contributed by atoms with Gasteiger partial charge < -0.3 is 5.11 Å². The fraction of sp³-hybridized carbons (Fsp3) is 0.545. The highest BCUT2D eigenvalue weighted by atomic mass is 35.5. The second-order valence-electron chi connectivity index (χ2n) is 4.27. The van der Waals surface area contributed by atoms with Crippen LogP contribution in [0.15, 0.2) is 12.1 Å². The summed E-state index contributed by atoms with van der Waals surface area (Å²) in [6.45, 7) is 0. The molecular weight excluding hydrogens is 198 g/mol. The molecule has 1 unspecified atom stereocenters. The summed E-state index contributed by atoms with van der Waals surface area (Å²) in [6.07, 6.45) is 2.12. The van der Waals surface area contributed by atoms with E-state index in [4.69, 9.17) is 13.0 Å². The van der Waals surface area contributed by atoms with Crippen molar-refractivity contribution < 1.29 is 6.48 Å². The molecule has 3 heteroatoms. The van der Waals surface area contributed by atoms with Crippen LogP contribution in [-0.4, -0.2) is 10.1 Å². The molecule has 74 valence electrons. The van der Waals surface area contributed by atoms with Gasteiger partial charge in [-0.2, -0.15) is 0 Å². The molecule has 14 heavy (non-hydrogen) atoms. The lowest BCUT2D eigenvalue weighted by atomic mass is 9.82. The highest BCUT2D eigenvalue weighted by molar-refractivity contribution is 6.29. The first-order valence-electron chi connectivity index (χ1n) is 5.43. The van der Waals surface area contributed by atoms with Crippen molar-refractivity contribution in [2.45, 2.75) is 31.8 Å². The van der Waals surface area contributed by atoms with E-state index in [-0.39, 0.29) is 5.41 Å². The Hall–Kier alpha value is -0.600. The fourth-order valence-corrected chi connectivity index (χ4v) is 2.40. The molecule has 1 saturated carbocycles. The number of fused-ring (bicyclic) bond motifs is 1. The number of hydrogen-bond donors (Lipinski definition) is 1. The van der Waals surface area contributed by atoms with Crippen molar-refractivity contribution in [2.24, 2.45) is 5.41 Å². The number of pyridine rings is 1. The minimum atomic E-state index is -1.54. The summed E-state index contributed by atoms with van der Waals surface area (Å²) in [4.78, 5) is 4.13. The summed E-state index contributed by atoms with van der Waals surface area (Å²) in [5.41, 5.74) is 1.20. The van der Waals surface area contributed by atoms with Gasteiger partial charge in [-0.3, -0.25) is 0 Å². The summed E-state index contributed by atoms with van der Waals surface area (Å²) in [6, 6.07) is 3.60. The number of aryl methyl sites for hydroxylation is 1. The van der Waals surface area contributed by atoms with Crippen LogP contribution in [0.1, 0.15) is 38.0 Å². The van der Waals surface area contributed by atoms with Crippen LogP contribution >= 0.6 is 11.6 Å². The van der Waals surface area contributed by atoms with Gasteiger partial charge in [-0.15, -0.1) is 0 Å². The molecule has 1 heterocycles. The van der Waals surface area contributed by atoms with Gasteiger partial charge in [0.2, 0.25) is 0 Å². The smallest absolute Gasteiger partial charge is 0.129 e. The topological polar surface area (TPSA) is 33.1 Å². The van der Waals surface area contributed by atoms with Crippen LogP contribution in [0.4, 0.5) is 0 Å². The normalized spacial score (nSPS) is 33.7. The number of halogens is 1. The molecule has 1 atom stereocenters. The van der Waals surface area contributed by atoms with Gasteiger partial charge in [0.25, 0.3) is 0 Å². The van der Waals surface area contributed by atoms with Crippen molar-refractivity contribution in [1.82, 2.24) is 4.98 Å². The van der Waals surface area contributed by atoms with Gasteiger partial charge in [0.1, 0.15) is 11.2 Å². The average Bonchev–Trinajstić information content (AvgIpc) is 2.95. The SMILES string of the molecule is [2H]C1(O)c2nc(Cl)ccc2CCC12CC2. The molecule has 3 rings (SSSR count). The van der Waals surface area contributed by atoms with Gasteiger partial charge in [0.05, 0.1) is 7.06 Å². The first kappa shape index (κ1) is 7.66. The zero-order chi connectivity index (χ0) is 10.7. The molecular formula is C11H12ClNO. The largest absolute Gasteiger partial charge is 0.386 e. The molecule has 1 aromatic rings. The minimum Gasteiger partial charge on any atom is -0.386 e. The molecule has 2 aliphatic rings.